The number of phenols is 1. The Balaban J connectivity index is 1.88. The molecule has 0 bridgehead atoms. The van der Waals surface area contributed by atoms with E-state index in [9.17, 15) is 18.3 Å². The number of amides is 1. The third kappa shape index (κ3) is 5.54. The Morgan fingerprint density at radius 1 is 1.19 bits per heavy atom. The first-order chi connectivity index (χ1) is 14.7. The molecule has 3 rings (SSSR count). The number of hydrogen-bond acceptors (Lipinski definition) is 8. The number of phenolic OH excluding ortho intramolecular Hbond substituents is 1. The van der Waals surface area contributed by atoms with Gasteiger partial charge in [-0.05, 0) is 56.1 Å². The van der Waals surface area contributed by atoms with E-state index in [1.807, 2.05) is 0 Å². The summed E-state index contributed by atoms with van der Waals surface area (Å²) in [5.41, 5.74) is 0.386. The summed E-state index contributed by atoms with van der Waals surface area (Å²) < 4.78 is 39.0. The van der Waals surface area contributed by atoms with Crippen molar-refractivity contribution in [2.24, 2.45) is 5.16 Å². The number of sulfonamides is 1. The number of oxime groups is 1. The van der Waals surface area contributed by atoms with Crippen molar-refractivity contribution >= 4 is 59.7 Å². The SMILES string of the molecule is O=C(/C=N/O)Nc1cc(Br)c(Oc2ccc(O)c(S(=O)(=O)N3CCOCC3)c2)c(Br)c1. The lowest BCUT2D eigenvalue weighted by molar-refractivity contribution is -0.110. The number of anilines is 1. The molecule has 0 radical (unpaired) electrons. The van der Waals surface area contributed by atoms with Crippen molar-refractivity contribution in [1.82, 2.24) is 4.31 Å². The number of hydrogen-bond donors (Lipinski definition) is 3. The molecule has 2 aromatic carbocycles. The second-order valence-corrected chi connectivity index (χ2v) is 9.87. The van der Waals surface area contributed by atoms with Crippen molar-refractivity contribution in [2.75, 3.05) is 31.6 Å². The number of halogens is 2. The lowest BCUT2D eigenvalue weighted by Crippen LogP contribution is -2.40. The van der Waals surface area contributed by atoms with Gasteiger partial charge in [0.2, 0.25) is 10.0 Å². The molecule has 1 heterocycles. The van der Waals surface area contributed by atoms with Crippen LogP contribution in [0.25, 0.3) is 0 Å². The summed E-state index contributed by atoms with van der Waals surface area (Å²) in [5, 5.41) is 23.7. The summed E-state index contributed by atoms with van der Waals surface area (Å²) in [4.78, 5) is 11.3. The molecule has 1 saturated heterocycles. The van der Waals surface area contributed by atoms with E-state index >= 15 is 0 Å². The first kappa shape index (κ1) is 23.5. The van der Waals surface area contributed by atoms with Gasteiger partial charge in [0, 0.05) is 24.8 Å². The highest BCUT2D eigenvalue weighted by molar-refractivity contribution is 9.11. The average Bonchev–Trinajstić information content (AvgIpc) is 2.72. The molecule has 1 fully saturated rings. The van der Waals surface area contributed by atoms with E-state index in [0.717, 1.165) is 0 Å². The Kier molecular flexibility index (Phi) is 7.54. The molecule has 1 aliphatic heterocycles. The number of morpholine rings is 1. The Bertz CT molecular complexity index is 1100. The van der Waals surface area contributed by atoms with Crippen molar-refractivity contribution in [3.63, 3.8) is 0 Å². The van der Waals surface area contributed by atoms with Crippen LogP contribution >= 0.6 is 31.9 Å². The lowest BCUT2D eigenvalue weighted by Gasteiger charge is -2.26. The Morgan fingerprint density at radius 2 is 1.84 bits per heavy atom. The summed E-state index contributed by atoms with van der Waals surface area (Å²) in [6.07, 6.45) is 0.707. The monoisotopic (exact) mass is 577 g/mol. The van der Waals surface area contributed by atoms with Crippen molar-refractivity contribution in [3.05, 3.63) is 39.3 Å². The second-order valence-electron chi connectivity index (χ2n) is 6.25. The molecule has 13 heteroatoms. The van der Waals surface area contributed by atoms with Crippen LogP contribution in [-0.4, -0.2) is 61.5 Å². The minimum absolute atomic E-state index is 0.176. The summed E-state index contributed by atoms with van der Waals surface area (Å²) in [7, 11) is -3.93. The predicted octanol–water partition coefficient (Wildman–Crippen LogP) is 3.13. The van der Waals surface area contributed by atoms with E-state index in [2.05, 4.69) is 42.3 Å². The van der Waals surface area contributed by atoms with Crippen LogP contribution in [0, 0.1) is 0 Å². The highest BCUT2D eigenvalue weighted by atomic mass is 79.9. The van der Waals surface area contributed by atoms with Crippen LogP contribution in [0.15, 0.2) is 49.3 Å². The summed E-state index contributed by atoms with van der Waals surface area (Å²) in [6, 6.07) is 7.02. The second kappa shape index (κ2) is 9.96. The third-order valence-corrected chi connectivity index (χ3v) is 7.29. The van der Waals surface area contributed by atoms with E-state index < -0.39 is 15.9 Å². The summed E-state index contributed by atoms with van der Waals surface area (Å²) >= 11 is 6.68. The van der Waals surface area contributed by atoms with E-state index in [4.69, 9.17) is 14.7 Å². The van der Waals surface area contributed by atoms with Gasteiger partial charge >= 0.3 is 0 Å². The fourth-order valence-corrected chi connectivity index (χ4v) is 5.62. The van der Waals surface area contributed by atoms with Gasteiger partial charge < -0.3 is 25.1 Å². The zero-order valence-electron chi connectivity index (χ0n) is 15.8. The highest BCUT2D eigenvalue weighted by Gasteiger charge is 2.29. The average molecular weight is 579 g/mol. The number of carbonyl (C=O) groups excluding carboxylic acids is 1. The maximum Gasteiger partial charge on any atom is 0.270 e. The number of nitrogens with zero attached hydrogens (tertiary/aromatic N) is 2. The standard InChI is InChI=1S/C18H17Br2N3O7S/c19-13-7-11(22-17(25)10-21-26)8-14(20)18(13)30-12-1-2-15(24)16(9-12)31(27,28)23-3-5-29-6-4-23/h1-2,7-10,24,26H,3-6H2,(H,22,25)/b21-10+. The maximum atomic E-state index is 12.9. The number of aromatic hydroxyl groups is 1. The molecule has 0 spiro atoms. The van der Waals surface area contributed by atoms with Crippen molar-refractivity contribution in [2.45, 2.75) is 4.90 Å². The van der Waals surface area contributed by atoms with Gasteiger partial charge in [0.1, 0.15) is 22.6 Å². The molecule has 0 saturated carbocycles. The first-order valence-electron chi connectivity index (χ1n) is 8.78. The summed E-state index contributed by atoms with van der Waals surface area (Å²) in [6.45, 7) is 0.947. The molecule has 1 aliphatic rings. The minimum Gasteiger partial charge on any atom is -0.507 e. The van der Waals surface area contributed by atoms with Crippen LogP contribution in [0.3, 0.4) is 0 Å². The normalized spacial score (nSPS) is 15.2. The van der Waals surface area contributed by atoms with Gasteiger partial charge in [-0.1, -0.05) is 5.16 Å². The number of benzene rings is 2. The highest BCUT2D eigenvalue weighted by Crippen LogP contribution is 2.40. The molecular formula is C18H17Br2N3O7S. The van der Waals surface area contributed by atoms with Gasteiger partial charge in [0.05, 0.1) is 22.2 Å². The Morgan fingerprint density at radius 3 is 2.45 bits per heavy atom. The largest absolute Gasteiger partial charge is 0.507 e. The number of rotatable bonds is 6. The fraction of sp³-hybridized carbons (Fsp3) is 0.222. The van der Waals surface area contributed by atoms with Gasteiger partial charge in [-0.2, -0.15) is 4.31 Å². The van der Waals surface area contributed by atoms with Crippen molar-refractivity contribution in [3.8, 4) is 17.2 Å². The van der Waals surface area contributed by atoms with Gasteiger partial charge in [-0.25, -0.2) is 8.42 Å². The molecule has 166 valence electrons. The van der Waals surface area contributed by atoms with Gasteiger partial charge in [0.25, 0.3) is 5.91 Å². The number of ether oxygens (including phenoxy) is 2. The van der Waals surface area contributed by atoms with Crippen LogP contribution in [0.1, 0.15) is 0 Å². The smallest absolute Gasteiger partial charge is 0.270 e. The Labute approximate surface area is 194 Å². The number of nitrogens with one attached hydrogen (secondary N) is 1. The van der Waals surface area contributed by atoms with Gasteiger partial charge in [-0.3, -0.25) is 4.79 Å². The molecule has 2 aromatic rings. The molecule has 1 amide bonds. The molecule has 31 heavy (non-hydrogen) atoms. The van der Waals surface area contributed by atoms with E-state index in [1.54, 1.807) is 12.1 Å². The van der Waals surface area contributed by atoms with Crippen molar-refractivity contribution < 1.29 is 33.0 Å². The van der Waals surface area contributed by atoms with Crippen LogP contribution in [-0.2, 0) is 19.6 Å². The van der Waals surface area contributed by atoms with Crippen LogP contribution < -0.4 is 10.1 Å². The first-order valence-corrected chi connectivity index (χ1v) is 11.8. The molecule has 0 aliphatic carbocycles. The van der Waals surface area contributed by atoms with Gasteiger partial charge in [-0.15, -0.1) is 0 Å². The predicted molar refractivity (Wildman–Crippen MR) is 119 cm³/mol. The van der Waals surface area contributed by atoms with Gasteiger partial charge in [0.15, 0.2) is 5.75 Å². The summed E-state index contributed by atoms with van der Waals surface area (Å²) in [5.74, 6) is -0.531. The van der Waals surface area contributed by atoms with E-state index in [-0.39, 0.29) is 42.7 Å². The maximum absolute atomic E-state index is 12.9. The van der Waals surface area contributed by atoms with Crippen LogP contribution in [0.4, 0.5) is 5.69 Å². The topological polar surface area (TPSA) is 138 Å². The molecule has 0 unspecified atom stereocenters. The number of carbonyl (C=O) groups is 1. The van der Waals surface area contributed by atoms with Crippen LogP contribution in [0.2, 0.25) is 0 Å². The molecule has 0 aromatic heterocycles. The molecular weight excluding hydrogens is 562 g/mol. The molecule has 10 nitrogen and oxygen atoms in total. The van der Waals surface area contributed by atoms with Crippen LogP contribution in [0.5, 0.6) is 17.2 Å². The zero-order valence-corrected chi connectivity index (χ0v) is 19.8. The molecule has 3 N–H and O–H groups in total. The van der Waals surface area contributed by atoms with E-state index in [0.29, 0.717) is 26.6 Å². The minimum atomic E-state index is -3.93. The quantitative estimate of drug-likeness (QED) is 0.272. The van der Waals surface area contributed by atoms with Crippen molar-refractivity contribution in [1.29, 1.82) is 0 Å². The van der Waals surface area contributed by atoms with E-state index in [1.165, 1.54) is 22.5 Å². The Hall–Kier alpha value is -2.19. The third-order valence-electron chi connectivity index (χ3n) is 4.18. The fourth-order valence-electron chi connectivity index (χ4n) is 2.76. The zero-order chi connectivity index (χ0) is 22.6. The molecule has 0 atom stereocenters. The lowest BCUT2D eigenvalue weighted by atomic mass is 10.3.